The van der Waals surface area contributed by atoms with Crippen molar-refractivity contribution in [2.45, 2.75) is 16.4 Å². The second-order valence-electron chi connectivity index (χ2n) is 4.11. The van der Waals surface area contributed by atoms with Gasteiger partial charge in [0.1, 0.15) is 6.61 Å². The van der Waals surface area contributed by atoms with Crippen molar-refractivity contribution in [1.29, 1.82) is 0 Å². The summed E-state index contributed by atoms with van der Waals surface area (Å²) in [5.41, 5.74) is 3.32. The number of carbonyl (C=O) groups excluding carboxylic acids is 1. The van der Waals surface area contributed by atoms with Gasteiger partial charge >= 0.3 is 5.97 Å². The number of rotatable bonds is 3. The maximum atomic E-state index is 12.2. The highest BCUT2D eigenvalue weighted by Gasteiger charge is 2.18. The average molecular weight is 301 g/mol. The van der Waals surface area contributed by atoms with Crippen molar-refractivity contribution in [2.24, 2.45) is 4.40 Å². The van der Waals surface area contributed by atoms with Crippen LogP contribution in [0.15, 0.2) is 62.7 Å². The number of nitrogens with zero attached hydrogens (tertiary/aromatic N) is 1. The molecule has 0 atom stereocenters. The first-order chi connectivity index (χ1) is 9.84. The topological polar surface area (TPSA) is 38.7 Å². The molecule has 3 rings (SSSR count). The van der Waals surface area contributed by atoms with Crippen LogP contribution in [0.1, 0.15) is 15.9 Å². The van der Waals surface area contributed by atoms with Crippen molar-refractivity contribution in [2.75, 3.05) is 0 Å². The summed E-state index contributed by atoms with van der Waals surface area (Å²) in [4.78, 5) is 14.1. The van der Waals surface area contributed by atoms with E-state index in [0.717, 1.165) is 15.4 Å². The second kappa shape index (κ2) is 6.15. The van der Waals surface area contributed by atoms with E-state index >= 15 is 0 Å². The molecule has 0 fully saturated rings. The summed E-state index contributed by atoms with van der Waals surface area (Å²) < 4.78 is 9.49. The molecule has 2 aromatic rings. The molecular formula is C15H11NO2S2. The number of ether oxygens (including phenoxy) is 1. The highest BCUT2D eigenvalue weighted by atomic mass is 32.2. The van der Waals surface area contributed by atoms with Crippen LogP contribution in [0.4, 0.5) is 0 Å². The van der Waals surface area contributed by atoms with Crippen LogP contribution < -0.4 is 0 Å². The van der Waals surface area contributed by atoms with Crippen LogP contribution in [0.3, 0.4) is 0 Å². The van der Waals surface area contributed by atoms with Gasteiger partial charge in [0.05, 0.1) is 11.1 Å². The molecule has 0 unspecified atom stereocenters. The molecule has 0 spiro atoms. The van der Waals surface area contributed by atoms with Gasteiger partial charge in [0, 0.05) is 21.7 Å². The van der Waals surface area contributed by atoms with Gasteiger partial charge in [-0.05, 0) is 17.7 Å². The van der Waals surface area contributed by atoms with Crippen LogP contribution in [0.2, 0.25) is 0 Å². The van der Waals surface area contributed by atoms with Crippen LogP contribution >= 0.6 is 23.7 Å². The molecule has 1 aliphatic rings. The number of carbonyl (C=O) groups is 1. The quantitative estimate of drug-likeness (QED) is 0.629. The van der Waals surface area contributed by atoms with Crippen LogP contribution in [0.25, 0.3) is 0 Å². The summed E-state index contributed by atoms with van der Waals surface area (Å²) in [6.45, 7) is 0.287. The zero-order valence-electron chi connectivity index (χ0n) is 10.5. The van der Waals surface area contributed by atoms with Crippen LogP contribution in [0.5, 0.6) is 0 Å². The van der Waals surface area contributed by atoms with E-state index in [0.29, 0.717) is 5.56 Å². The van der Waals surface area contributed by atoms with Gasteiger partial charge in [-0.1, -0.05) is 48.2 Å². The van der Waals surface area contributed by atoms with E-state index in [9.17, 15) is 4.79 Å². The molecular weight excluding hydrogens is 290 g/mol. The number of fused-ring (bicyclic) bond motifs is 1. The molecule has 3 nitrogen and oxygen atoms in total. The minimum atomic E-state index is -0.297. The molecule has 0 saturated carbocycles. The van der Waals surface area contributed by atoms with Gasteiger partial charge in [-0.15, -0.1) is 0 Å². The Bertz CT molecular complexity index is 656. The van der Waals surface area contributed by atoms with Gasteiger partial charge in [-0.25, -0.2) is 9.19 Å². The van der Waals surface area contributed by atoms with Gasteiger partial charge < -0.3 is 4.74 Å². The molecule has 20 heavy (non-hydrogen) atoms. The fourth-order valence-electron chi connectivity index (χ4n) is 1.82. The molecule has 0 bridgehead atoms. The van der Waals surface area contributed by atoms with Crippen LogP contribution in [-0.4, -0.2) is 11.5 Å². The fourth-order valence-corrected chi connectivity index (χ4v) is 3.44. The van der Waals surface area contributed by atoms with Crippen LogP contribution in [0, 0.1) is 0 Å². The summed E-state index contributed by atoms with van der Waals surface area (Å²) in [6.07, 6.45) is 0. The van der Waals surface area contributed by atoms with Crippen molar-refractivity contribution < 1.29 is 9.53 Å². The standard InChI is InChI=1S/C15H11NO2S2/c17-15(18-9-11-5-2-1-3-6-11)12-7-4-8-13-14(12)19-10-16-20-13/h1-8,10H,9H2. The van der Waals surface area contributed by atoms with Gasteiger partial charge in [0.25, 0.3) is 0 Å². The second-order valence-corrected chi connectivity index (χ2v) is 5.80. The lowest BCUT2D eigenvalue weighted by atomic mass is 10.2. The van der Waals surface area contributed by atoms with Gasteiger partial charge in [-0.3, -0.25) is 0 Å². The monoisotopic (exact) mass is 301 g/mol. The Balaban J connectivity index is 1.75. The molecule has 2 aromatic carbocycles. The van der Waals surface area contributed by atoms with Gasteiger partial charge in [-0.2, -0.15) is 0 Å². The van der Waals surface area contributed by atoms with Crippen molar-refractivity contribution >= 4 is 35.2 Å². The van der Waals surface area contributed by atoms with Gasteiger partial charge in [0.15, 0.2) is 0 Å². The third-order valence-corrected chi connectivity index (χ3v) is 4.67. The predicted octanol–water partition coefficient (Wildman–Crippen LogP) is 4.18. The lowest BCUT2D eigenvalue weighted by Gasteiger charge is -2.13. The number of benzene rings is 2. The molecule has 100 valence electrons. The van der Waals surface area contributed by atoms with E-state index in [1.807, 2.05) is 42.5 Å². The highest BCUT2D eigenvalue weighted by Crippen LogP contribution is 2.37. The predicted molar refractivity (Wildman–Crippen MR) is 82.2 cm³/mol. The zero-order chi connectivity index (χ0) is 13.8. The highest BCUT2D eigenvalue weighted by molar-refractivity contribution is 8.14. The first-order valence-electron chi connectivity index (χ1n) is 6.04. The molecule has 0 saturated heterocycles. The van der Waals surface area contributed by atoms with E-state index < -0.39 is 0 Å². The van der Waals surface area contributed by atoms with E-state index in [2.05, 4.69) is 4.40 Å². The van der Waals surface area contributed by atoms with E-state index in [1.54, 1.807) is 11.6 Å². The Morgan fingerprint density at radius 1 is 1.10 bits per heavy atom. The number of esters is 1. The lowest BCUT2D eigenvalue weighted by molar-refractivity contribution is 0.0468. The first-order valence-corrected chi connectivity index (χ1v) is 7.69. The van der Waals surface area contributed by atoms with E-state index in [-0.39, 0.29) is 12.6 Å². The third kappa shape index (κ3) is 2.89. The summed E-state index contributed by atoms with van der Waals surface area (Å²) in [6, 6.07) is 15.3. The van der Waals surface area contributed by atoms with Crippen molar-refractivity contribution in [1.82, 2.24) is 0 Å². The minimum absolute atomic E-state index is 0.287. The van der Waals surface area contributed by atoms with Gasteiger partial charge in [0.2, 0.25) is 0 Å². The Kier molecular flexibility index (Phi) is 4.08. The largest absolute Gasteiger partial charge is 0.457 e. The SMILES string of the molecule is O=C(OCc1ccccc1)c1cccc2c1SC=NS2. The van der Waals surface area contributed by atoms with Crippen molar-refractivity contribution in [3.8, 4) is 0 Å². The first kappa shape index (κ1) is 13.3. The normalized spacial score (nSPS) is 12.8. The molecule has 0 aliphatic carbocycles. The molecule has 0 aromatic heterocycles. The molecule has 0 N–H and O–H groups in total. The Morgan fingerprint density at radius 3 is 2.80 bits per heavy atom. The molecule has 0 radical (unpaired) electrons. The smallest absolute Gasteiger partial charge is 0.339 e. The molecule has 0 amide bonds. The number of thioether (sulfide) groups is 1. The lowest BCUT2D eigenvalue weighted by Crippen LogP contribution is -2.07. The summed E-state index contributed by atoms with van der Waals surface area (Å²) in [5, 5.41) is 0. The Morgan fingerprint density at radius 2 is 1.95 bits per heavy atom. The van der Waals surface area contributed by atoms with Crippen molar-refractivity contribution in [3.05, 3.63) is 59.7 Å². The minimum Gasteiger partial charge on any atom is -0.457 e. The Hall–Kier alpha value is -1.72. The van der Waals surface area contributed by atoms with E-state index in [1.165, 1.54) is 23.7 Å². The van der Waals surface area contributed by atoms with E-state index in [4.69, 9.17) is 4.74 Å². The molecule has 1 heterocycles. The Labute approximate surface area is 125 Å². The number of hydrogen-bond donors (Lipinski definition) is 0. The summed E-state index contributed by atoms with van der Waals surface area (Å²) >= 11 is 2.83. The molecule has 1 aliphatic heterocycles. The zero-order valence-corrected chi connectivity index (χ0v) is 12.1. The van der Waals surface area contributed by atoms with Crippen LogP contribution in [-0.2, 0) is 11.3 Å². The molecule has 5 heteroatoms. The maximum Gasteiger partial charge on any atom is 0.339 e. The summed E-state index contributed by atoms with van der Waals surface area (Å²) in [7, 11) is 0. The fraction of sp³-hybridized carbons (Fsp3) is 0.0667. The maximum absolute atomic E-state index is 12.2. The summed E-state index contributed by atoms with van der Waals surface area (Å²) in [5.74, 6) is -0.297. The number of hydrogen-bond acceptors (Lipinski definition) is 5. The average Bonchev–Trinajstić information content (AvgIpc) is 2.53. The third-order valence-electron chi connectivity index (χ3n) is 2.78. The van der Waals surface area contributed by atoms with Crippen molar-refractivity contribution in [3.63, 3.8) is 0 Å².